The van der Waals surface area contributed by atoms with Crippen molar-refractivity contribution in [3.63, 3.8) is 0 Å². The maximum atomic E-state index is 12.9. The van der Waals surface area contributed by atoms with Crippen molar-refractivity contribution < 1.29 is 14.3 Å². The molecule has 0 aromatic heterocycles. The van der Waals surface area contributed by atoms with Gasteiger partial charge >= 0.3 is 0 Å². The number of benzene rings is 1. The van der Waals surface area contributed by atoms with E-state index in [2.05, 4.69) is 25.2 Å². The first-order chi connectivity index (χ1) is 13.4. The zero-order chi connectivity index (χ0) is 20.1. The van der Waals surface area contributed by atoms with Crippen molar-refractivity contribution in [2.24, 2.45) is 17.6 Å². The highest BCUT2D eigenvalue weighted by Gasteiger charge is 2.45. The quantitative estimate of drug-likeness (QED) is 0.734. The van der Waals surface area contributed by atoms with Crippen LogP contribution in [0.4, 0.5) is 5.69 Å². The number of nitrogens with two attached hydrogens (primary N) is 1. The topological polar surface area (TPSA) is 84.7 Å². The van der Waals surface area contributed by atoms with E-state index in [0.29, 0.717) is 32.0 Å². The van der Waals surface area contributed by atoms with Crippen LogP contribution in [0, 0.1) is 11.8 Å². The Morgan fingerprint density at radius 2 is 2.14 bits per heavy atom. The summed E-state index contributed by atoms with van der Waals surface area (Å²) < 4.78 is 6.02. The van der Waals surface area contributed by atoms with E-state index in [1.54, 1.807) is 11.0 Å². The van der Waals surface area contributed by atoms with E-state index in [1.165, 1.54) is 5.56 Å². The molecule has 0 spiro atoms. The maximum Gasteiger partial charge on any atom is 0.251 e. The van der Waals surface area contributed by atoms with Crippen LogP contribution in [-0.4, -0.2) is 43.7 Å². The molecule has 0 radical (unpaired) electrons. The van der Waals surface area contributed by atoms with E-state index < -0.39 is 11.5 Å². The molecule has 2 amide bonds. The van der Waals surface area contributed by atoms with Gasteiger partial charge in [-0.15, -0.1) is 0 Å². The van der Waals surface area contributed by atoms with Crippen molar-refractivity contribution in [2.45, 2.75) is 38.7 Å². The normalized spacial score (nSPS) is 23.6. The molecule has 3 N–H and O–H groups in total. The van der Waals surface area contributed by atoms with Gasteiger partial charge in [-0.2, -0.15) is 0 Å². The van der Waals surface area contributed by atoms with Gasteiger partial charge in [0.2, 0.25) is 0 Å². The lowest BCUT2D eigenvalue weighted by Crippen LogP contribution is -2.57. The molecule has 2 aliphatic rings. The predicted octanol–water partition coefficient (Wildman–Crippen LogP) is 2.03. The Hall–Kier alpha value is -2.18. The second kappa shape index (κ2) is 8.88. The Morgan fingerprint density at radius 1 is 1.36 bits per heavy atom. The largest absolute Gasteiger partial charge is 0.367 e. The number of carbonyl (C=O) groups is 2. The second-order valence-electron chi connectivity index (χ2n) is 8.10. The van der Waals surface area contributed by atoms with Gasteiger partial charge in [0.15, 0.2) is 5.60 Å². The summed E-state index contributed by atoms with van der Waals surface area (Å²) in [7, 11) is 0. The van der Waals surface area contributed by atoms with Gasteiger partial charge in [0.05, 0.1) is 0 Å². The number of fused-ring (bicyclic) bond motifs is 1. The van der Waals surface area contributed by atoms with Crippen LogP contribution >= 0.6 is 0 Å². The molecule has 1 aromatic rings. The summed E-state index contributed by atoms with van der Waals surface area (Å²) in [5.74, 6) is -0.478. The molecule has 1 saturated heterocycles. The first-order valence-corrected chi connectivity index (χ1v) is 10.2. The average Bonchev–Trinajstić information content (AvgIpc) is 2.93. The van der Waals surface area contributed by atoms with Crippen LogP contribution in [0.1, 0.15) is 32.3 Å². The Morgan fingerprint density at radius 3 is 2.89 bits per heavy atom. The molecule has 152 valence electrons. The fourth-order valence-electron chi connectivity index (χ4n) is 4.14. The van der Waals surface area contributed by atoms with Crippen LogP contribution < -0.4 is 16.0 Å². The smallest absolute Gasteiger partial charge is 0.251 e. The molecule has 2 atom stereocenters. The molecule has 6 heteroatoms. The summed E-state index contributed by atoms with van der Waals surface area (Å²) >= 11 is 0. The van der Waals surface area contributed by atoms with Crippen molar-refractivity contribution in [3.8, 4) is 0 Å². The Bertz CT molecular complexity index is 736. The van der Waals surface area contributed by atoms with Crippen LogP contribution in [0.3, 0.4) is 0 Å². The predicted molar refractivity (Wildman–Crippen MR) is 110 cm³/mol. The molecule has 28 heavy (non-hydrogen) atoms. The number of nitrogens with zero attached hydrogens (tertiary/aromatic N) is 1. The molecule has 3 rings (SSSR count). The number of nitrogens with one attached hydrogen (secondary N) is 1. The molecule has 2 aliphatic heterocycles. The zero-order valence-electron chi connectivity index (χ0n) is 16.8. The molecular weight excluding hydrogens is 354 g/mol. The first kappa shape index (κ1) is 20.6. The minimum Gasteiger partial charge on any atom is -0.367 e. The van der Waals surface area contributed by atoms with Crippen LogP contribution in [0.5, 0.6) is 0 Å². The fourth-order valence-corrected chi connectivity index (χ4v) is 4.14. The van der Waals surface area contributed by atoms with Gasteiger partial charge in [0.25, 0.3) is 11.8 Å². The van der Waals surface area contributed by atoms with Gasteiger partial charge in [0.1, 0.15) is 0 Å². The summed E-state index contributed by atoms with van der Waals surface area (Å²) in [4.78, 5) is 27.1. The number of amides is 2. The highest BCUT2D eigenvalue weighted by Crippen LogP contribution is 2.32. The number of carbonyl (C=O) groups excluding carboxylic acids is 2. The lowest BCUT2D eigenvalue weighted by atomic mass is 9.80. The summed E-state index contributed by atoms with van der Waals surface area (Å²) in [5, 5.41) is 3.27. The van der Waals surface area contributed by atoms with Crippen LogP contribution in [0.25, 0.3) is 0 Å². The number of primary amides is 1. The maximum absolute atomic E-state index is 12.9. The Kier molecular flexibility index (Phi) is 6.52. The monoisotopic (exact) mass is 385 g/mol. The molecule has 6 nitrogen and oxygen atoms in total. The van der Waals surface area contributed by atoms with Gasteiger partial charge in [-0.1, -0.05) is 38.1 Å². The first-order valence-electron chi connectivity index (χ1n) is 10.2. The Balaban J connectivity index is 1.83. The fraction of sp³-hybridized carbons (Fsp3) is 0.545. The van der Waals surface area contributed by atoms with Crippen molar-refractivity contribution in [3.05, 3.63) is 42.0 Å². The highest BCUT2D eigenvalue weighted by molar-refractivity contribution is 6.03. The van der Waals surface area contributed by atoms with Gasteiger partial charge in [-0.05, 0) is 49.4 Å². The average molecular weight is 386 g/mol. The molecule has 0 aliphatic carbocycles. The molecule has 1 aromatic carbocycles. The van der Waals surface area contributed by atoms with Crippen molar-refractivity contribution in [2.75, 3.05) is 31.1 Å². The van der Waals surface area contributed by atoms with Gasteiger partial charge in [-0.3, -0.25) is 9.59 Å². The van der Waals surface area contributed by atoms with Gasteiger partial charge in [-0.25, -0.2) is 0 Å². The number of rotatable bonds is 6. The van der Waals surface area contributed by atoms with Crippen LogP contribution in [-0.2, 0) is 20.7 Å². The van der Waals surface area contributed by atoms with Crippen molar-refractivity contribution in [1.82, 2.24) is 5.32 Å². The number of para-hydroxylation sites is 1. The van der Waals surface area contributed by atoms with Crippen molar-refractivity contribution >= 4 is 17.5 Å². The molecule has 0 unspecified atom stereocenters. The van der Waals surface area contributed by atoms with E-state index in [4.69, 9.17) is 10.5 Å². The van der Waals surface area contributed by atoms with Gasteiger partial charge in [0, 0.05) is 31.3 Å². The lowest BCUT2D eigenvalue weighted by molar-refractivity contribution is -0.148. The summed E-state index contributed by atoms with van der Waals surface area (Å²) in [5.41, 5.74) is 6.84. The molecule has 1 fully saturated rings. The standard InChI is InChI=1S/C22H31N3O3/c1-16(2)14-18(22(21(23)27)15-24-11-5-13-28-22)8-9-20(26)25-12-10-17-6-3-4-7-19(17)25/h3-4,6-9,16,18,24H,5,10-15H2,1-2H3,(H2,23,27)/t18-,22-/m1/s1. The number of anilines is 1. The molecular formula is C22H31N3O3. The van der Waals surface area contributed by atoms with E-state index in [0.717, 1.165) is 25.1 Å². The third-order valence-electron chi connectivity index (χ3n) is 5.61. The van der Waals surface area contributed by atoms with E-state index >= 15 is 0 Å². The minimum atomic E-state index is -1.12. The third kappa shape index (κ3) is 4.28. The molecule has 0 bridgehead atoms. The number of ether oxygens (including phenoxy) is 1. The van der Waals surface area contributed by atoms with E-state index in [9.17, 15) is 9.59 Å². The summed E-state index contributed by atoms with van der Waals surface area (Å²) in [6.45, 7) is 6.50. The Labute approximate surface area is 167 Å². The molecule has 0 saturated carbocycles. The zero-order valence-corrected chi connectivity index (χ0v) is 16.8. The van der Waals surface area contributed by atoms with E-state index in [-0.39, 0.29) is 11.8 Å². The van der Waals surface area contributed by atoms with Crippen molar-refractivity contribution in [1.29, 1.82) is 0 Å². The second-order valence-corrected chi connectivity index (χ2v) is 8.10. The van der Waals surface area contributed by atoms with Gasteiger partial charge < -0.3 is 20.7 Å². The van der Waals surface area contributed by atoms with Crippen LogP contribution in [0.2, 0.25) is 0 Å². The molecule has 2 heterocycles. The third-order valence-corrected chi connectivity index (χ3v) is 5.61. The number of hydrogen-bond acceptors (Lipinski definition) is 4. The summed E-state index contributed by atoms with van der Waals surface area (Å²) in [6.07, 6.45) is 5.83. The van der Waals surface area contributed by atoms with E-state index in [1.807, 2.05) is 24.3 Å². The minimum absolute atomic E-state index is 0.0695. The highest BCUT2D eigenvalue weighted by atomic mass is 16.5. The van der Waals surface area contributed by atoms with Crippen LogP contribution in [0.15, 0.2) is 36.4 Å². The SMILES string of the molecule is CC(C)C[C@@H](C=CC(=O)N1CCc2ccccc21)[C@@]1(C(N)=O)CNCCCO1. The lowest BCUT2D eigenvalue weighted by Gasteiger charge is -2.36. The number of hydrogen-bond donors (Lipinski definition) is 2. The summed E-state index contributed by atoms with van der Waals surface area (Å²) in [6, 6.07) is 7.97.